The van der Waals surface area contributed by atoms with Crippen LogP contribution in [0.5, 0.6) is 0 Å². The van der Waals surface area contributed by atoms with Gasteiger partial charge in [-0.15, -0.1) is 0 Å². The molecule has 0 radical (unpaired) electrons. The van der Waals surface area contributed by atoms with Gasteiger partial charge < -0.3 is 0 Å². The summed E-state index contributed by atoms with van der Waals surface area (Å²) in [6.07, 6.45) is 12.6. The molecule has 0 aromatic heterocycles. The maximum Gasteiger partial charge on any atom is 0.145 e. The molecule has 3 heteroatoms. The van der Waals surface area contributed by atoms with Gasteiger partial charge in [0.15, 0.2) is 0 Å². The van der Waals surface area contributed by atoms with Crippen LogP contribution in [0.3, 0.4) is 0 Å². The van der Waals surface area contributed by atoms with Crippen LogP contribution in [0.25, 0.3) is 11.1 Å². The van der Waals surface area contributed by atoms with Gasteiger partial charge in [0.2, 0.25) is 0 Å². The van der Waals surface area contributed by atoms with Crippen molar-refractivity contribution in [1.82, 2.24) is 0 Å². The van der Waals surface area contributed by atoms with Crippen molar-refractivity contribution in [2.24, 2.45) is 11.8 Å². The summed E-state index contributed by atoms with van der Waals surface area (Å²) in [5.74, 6) is 0.234. The van der Waals surface area contributed by atoms with E-state index in [0.29, 0.717) is 5.56 Å². The average Bonchev–Trinajstić information content (AvgIpc) is 2.86. The Labute approximate surface area is 208 Å². The lowest BCUT2D eigenvalue weighted by Crippen LogP contribution is -2.15. The van der Waals surface area contributed by atoms with Crippen molar-refractivity contribution < 1.29 is 8.78 Å². The highest BCUT2D eigenvalue weighted by molar-refractivity contribution is 6.31. The Morgan fingerprint density at radius 1 is 0.647 bits per heavy atom. The molecule has 0 aliphatic heterocycles. The highest BCUT2D eigenvalue weighted by atomic mass is 35.5. The third-order valence-electron chi connectivity index (χ3n) is 7.48. The molecule has 34 heavy (non-hydrogen) atoms. The van der Waals surface area contributed by atoms with Crippen molar-refractivity contribution in [3.63, 3.8) is 0 Å². The van der Waals surface area contributed by atoms with E-state index in [4.69, 9.17) is 11.6 Å². The monoisotopic (exact) mass is 480 g/mol. The third kappa shape index (κ3) is 6.69. The summed E-state index contributed by atoms with van der Waals surface area (Å²) in [5, 5.41) is -0.448. The number of halogens is 3. The summed E-state index contributed by atoms with van der Waals surface area (Å²) >= 11 is 5.60. The van der Waals surface area contributed by atoms with Crippen LogP contribution in [0.1, 0.15) is 68.6 Å². The molecule has 1 saturated carbocycles. The fraction of sp³-hybridized carbons (Fsp3) is 0.419. The molecular formula is C31H35ClF2. The van der Waals surface area contributed by atoms with Gasteiger partial charge in [0, 0.05) is 0 Å². The lowest BCUT2D eigenvalue weighted by Gasteiger charge is -2.28. The lowest BCUT2D eigenvalue weighted by molar-refractivity contribution is 0.253. The summed E-state index contributed by atoms with van der Waals surface area (Å²) in [6, 6.07) is 19.9. The molecular weight excluding hydrogens is 446 g/mol. The second-order valence-corrected chi connectivity index (χ2v) is 10.4. The molecule has 0 bridgehead atoms. The van der Waals surface area contributed by atoms with E-state index in [9.17, 15) is 8.78 Å². The standard InChI is InChI=1S/C31H35ClF2/c1-2-3-22-4-6-23(7-5-22)8-9-24-10-12-25(13-11-24)14-15-26-16-18-27(19-17-26)28-20-29(33)31(32)30(34)21-28/h4-7,16-21,24-25H,2-3,8-15H2,1H3/t24-,25-. The fourth-order valence-corrected chi connectivity index (χ4v) is 5.41. The first-order valence-corrected chi connectivity index (χ1v) is 13.2. The quantitative estimate of drug-likeness (QED) is 0.267. The molecule has 1 aliphatic carbocycles. The van der Waals surface area contributed by atoms with E-state index < -0.39 is 16.7 Å². The zero-order valence-electron chi connectivity index (χ0n) is 20.1. The van der Waals surface area contributed by atoms with E-state index >= 15 is 0 Å². The lowest BCUT2D eigenvalue weighted by atomic mass is 9.77. The van der Waals surface area contributed by atoms with E-state index in [2.05, 4.69) is 43.3 Å². The average molecular weight is 481 g/mol. The number of hydrogen-bond acceptors (Lipinski definition) is 0. The Kier molecular flexibility index (Phi) is 8.78. The van der Waals surface area contributed by atoms with Gasteiger partial charge in [0.05, 0.1) is 0 Å². The van der Waals surface area contributed by atoms with Crippen molar-refractivity contribution in [3.8, 4) is 11.1 Å². The highest BCUT2D eigenvalue weighted by Crippen LogP contribution is 2.34. The Morgan fingerprint density at radius 3 is 1.50 bits per heavy atom. The number of hydrogen-bond donors (Lipinski definition) is 0. The van der Waals surface area contributed by atoms with Gasteiger partial charge in [-0.3, -0.25) is 0 Å². The minimum Gasteiger partial charge on any atom is -0.205 e. The second-order valence-electron chi connectivity index (χ2n) is 9.98. The van der Waals surface area contributed by atoms with Crippen LogP contribution in [0.15, 0.2) is 60.7 Å². The Bertz CT molecular complexity index is 1020. The molecule has 1 aliphatic rings. The van der Waals surface area contributed by atoms with Crippen LogP contribution in [0.4, 0.5) is 8.78 Å². The molecule has 0 nitrogen and oxygen atoms in total. The molecule has 1 fully saturated rings. The Balaban J connectivity index is 1.20. The van der Waals surface area contributed by atoms with Crippen molar-refractivity contribution >= 4 is 11.6 Å². The van der Waals surface area contributed by atoms with Gasteiger partial charge in [0.1, 0.15) is 16.7 Å². The predicted molar refractivity (Wildman–Crippen MR) is 139 cm³/mol. The summed E-state index contributed by atoms with van der Waals surface area (Å²) in [4.78, 5) is 0. The van der Waals surface area contributed by atoms with Crippen LogP contribution < -0.4 is 0 Å². The van der Waals surface area contributed by atoms with E-state index in [1.54, 1.807) is 0 Å². The van der Waals surface area contributed by atoms with Crippen LogP contribution in [-0.2, 0) is 19.3 Å². The van der Waals surface area contributed by atoms with Gasteiger partial charge in [-0.05, 0) is 83.9 Å². The molecule has 3 aromatic carbocycles. The molecule has 0 saturated heterocycles. The number of rotatable bonds is 9. The minimum absolute atomic E-state index is 0.448. The predicted octanol–water partition coefficient (Wildman–Crippen LogP) is 9.61. The zero-order valence-corrected chi connectivity index (χ0v) is 20.9. The topological polar surface area (TPSA) is 0 Å². The van der Waals surface area contributed by atoms with Crippen LogP contribution in [0, 0.1) is 23.5 Å². The van der Waals surface area contributed by atoms with Gasteiger partial charge in [-0.2, -0.15) is 0 Å². The zero-order chi connectivity index (χ0) is 23.9. The Hall–Kier alpha value is -2.19. The first-order valence-electron chi connectivity index (χ1n) is 12.8. The minimum atomic E-state index is -0.721. The molecule has 3 aromatic rings. The van der Waals surface area contributed by atoms with E-state index in [-0.39, 0.29) is 0 Å². The highest BCUT2D eigenvalue weighted by Gasteiger charge is 2.21. The number of aryl methyl sites for hydroxylation is 3. The molecule has 0 N–H and O–H groups in total. The first-order chi connectivity index (χ1) is 16.5. The van der Waals surface area contributed by atoms with Crippen molar-refractivity contribution in [3.05, 3.63) is 94.0 Å². The van der Waals surface area contributed by atoms with Crippen molar-refractivity contribution in [2.45, 2.75) is 71.1 Å². The van der Waals surface area contributed by atoms with Gasteiger partial charge in [0.25, 0.3) is 0 Å². The molecule has 0 amide bonds. The third-order valence-corrected chi connectivity index (χ3v) is 7.84. The fourth-order valence-electron chi connectivity index (χ4n) is 5.30. The van der Waals surface area contributed by atoms with Gasteiger partial charge in [-0.25, -0.2) is 8.78 Å². The summed E-state index contributed by atoms with van der Waals surface area (Å²) in [5.41, 5.74) is 5.54. The molecule has 0 spiro atoms. The SMILES string of the molecule is CCCc1ccc(CC[C@H]2CC[C@H](CCc3ccc(-c4cc(F)c(Cl)c(F)c4)cc3)CC2)cc1. The van der Waals surface area contributed by atoms with E-state index in [1.165, 1.54) is 86.6 Å². The molecule has 180 valence electrons. The van der Waals surface area contributed by atoms with Gasteiger partial charge >= 0.3 is 0 Å². The molecule has 0 unspecified atom stereocenters. The Morgan fingerprint density at radius 2 is 1.06 bits per heavy atom. The van der Waals surface area contributed by atoms with Crippen LogP contribution in [-0.4, -0.2) is 0 Å². The molecule has 0 heterocycles. The van der Waals surface area contributed by atoms with E-state index in [1.807, 2.05) is 12.1 Å². The van der Waals surface area contributed by atoms with E-state index in [0.717, 1.165) is 23.8 Å². The van der Waals surface area contributed by atoms with Crippen molar-refractivity contribution in [1.29, 1.82) is 0 Å². The second kappa shape index (κ2) is 12.0. The summed E-state index contributed by atoms with van der Waals surface area (Å²) in [7, 11) is 0. The normalized spacial score (nSPS) is 18.2. The first kappa shape index (κ1) is 24.9. The number of benzene rings is 3. The molecule has 0 atom stereocenters. The van der Waals surface area contributed by atoms with Gasteiger partial charge in [-0.1, -0.05) is 99.2 Å². The van der Waals surface area contributed by atoms with Crippen molar-refractivity contribution in [2.75, 3.05) is 0 Å². The maximum absolute atomic E-state index is 13.8. The maximum atomic E-state index is 13.8. The van der Waals surface area contributed by atoms with Crippen LogP contribution >= 0.6 is 11.6 Å². The smallest absolute Gasteiger partial charge is 0.145 e. The summed E-state index contributed by atoms with van der Waals surface area (Å²) < 4.78 is 27.5. The largest absolute Gasteiger partial charge is 0.205 e. The molecule has 4 rings (SSSR count). The summed E-state index contributed by atoms with van der Waals surface area (Å²) in [6.45, 7) is 2.23. The van der Waals surface area contributed by atoms with Crippen LogP contribution in [0.2, 0.25) is 5.02 Å².